The molecule has 4 N–H and O–H groups in total. The molecule has 1 fully saturated rings. The normalized spacial score (nSPS) is 15.8. The van der Waals surface area contributed by atoms with Gasteiger partial charge in [-0.25, -0.2) is 0 Å². The van der Waals surface area contributed by atoms with Crippen LogP contribution in [0.1, 0.15) is 23.3 Å². The fourth-order valence-electron chi connectivity index (χ4n) is 2.31. The fourth-order valence-corrected chi connectivity index (χ4v) is 2.31. The Kier molecular flexibility index (Phi) is 3.56. The number of aromatic nitrogens is 1. The van der Waals surface area contributed by atoms with Crippen LogP contribution in [0.2, 0.25) is 0 Å². The van der Waals surface area contributed by atoms with Gasteiger partial charge in [0, 0.05) is 18.3 Å². The van der Waals surface area contributed by atoms with Gasteiger partial charge in [0.15, 0.2) is 0 Å². The van der Waals surface area contributed by atoms with Crippen molar-refractivity contribution in [2.45, 2.75) is 18.9 Å². The molecule has 1 aromatic heterocycles. The topological polar surface area (TPSA) is 70.9 Å². The number of aromatic amines is 1. The molecule has 20 heavy (non-hydrogen) atoms. The van der Waals surface area contributed by atoms with Crippen molar-refractivity contribution < 1.29 is 4.79 Å². The number of nitrogens with two attached hydrogens (primary N) is 1. The smallest absolute Gasteiger partial charge is 0.267 e. The summed E-state index contributed by atoms with van der Waals surface area (Å²) in [7, 11) is 0. The van der Waals surface area contributed by atoms with Gasteiger partial charge in [0.2, 0.25) is 0 Å². The van der Waals surface area contributed by atoms with Crippen LogP contribution in [0.15, 0.2) is 42.5 Å². The van der Waals surface area contributed by atoms with Crippen LogP contribution in [0.4, 0.5) is 0 Å². The van der Waals surface area contributed by atoms with Crippen LogP contribution in [0, 0.1) is 5.92 Å². The molecule has 0 spiro atoms. The molecule has 1 unspecified atom stereocenters. The molecule has 4 nitrogen and oxygen atoms in total. The Morgan fingerprint density at radius 3 is 2.70 bits per heavy atom. The van der Waals surface area contributed by atoms with E-state index in [9.17, 15) is 4.79 Å². The third-order valence-electron chi connectivity index (χ3n) is 3.74. The maximum Gasteiger partial charge on any atom is 0.267 e. The predicted octanol–water partition coefficient (Wildman–Crippen LogP) is 2.15. The summed E-state index contributed by atoms with van der Waals surface area (Å²) in [6, 6.07) is 13.8. The minimum Gasteiger partial charge on any atom is -0.351 e. The van der Waals surface area contributed by atoms with E-state index in [1.807, 2.05) is 36.4 Å². The molecule has 1 aliphatic rings. The lowest BCUT2D eigenvalue weighted by Crippen LogP contribution is -2.38. The highest BCUT2D eigenvalue weighted by atomic mass is 16.1. The summed E-state index contributed by atoms with van der Waals surface area (Å²) in [5.74, 6) is 0.502. The highest BCUT2D eigenvalue weighted by Crippen LogP contribution is 2.31. The van der Waals surface area contributed by atoms with Crippen molar-refractivity contribution in [2.24, 2.45) is 11.7 Å². The standard InChI is InChI=1S/C16H19N3O/c17-13(11-6-7-11)10-18-16(20)15-9-8-14(19-15)12-4-2-1-3-5-12/h1-5,8-9,11,13,19H,6-7,10,17H2,(H,18,20). The van der Waals surface area contributed by atoms with Crippen molar-refractivity contribution in [1.82, 2.24) is 10.3 Å². The molecule has 1 aliphatic carbocycles. The summed E-state index contributed by atoms with van der Waals surface area (Å²) >= 11 is 0. The van der Waals surface area contributed by atoms with E-state index in [4.69, 9.17) is 5.73 Å². The molecule has 1 heterocycles. The molecule has 0 bridgehead atoms. The van der Waals surface area contributed by atoms with Gasteiger partial charge in [-0.2, -0.15) is 0 Å². The summed E-state index contributed by atoms with van der Waals surface area (Å²) in [5.41, 5.74) is 8.57. The number of carbonyl (C=O) groups is 1. The molecule has 1 aromatic carbocycles. The van der Waals surface area contributed by atoms with Crippen LogP contribution >= 0.6 is 0 Å². The first-order chi connectivity index (χ1) is 9.74. The largest absolute Gasteiger partial charge is 0.351 e. The second kappa shape index (κ2) is 5.51. The van der Waals surface area contributed by atoms with E-state index in [1.165, 1.54) is 12.8 Å². The Morgan fingerprint density at radius 2 is 2.00 bits per heavy atom. The summed E-state index contributed by atoms with van der Waals surface area (Å²) in [4.78, 5) is 15.2. The molecular formula is C16H19N3O. The average molecular weight is 269 g/mol. The zero-order valence-corrected chi connectivity index (χ0v) is 11.3. The van der Waals surface area contributed by atoms with Crippen molar-refractivity contribution in [3.63, 3.8) is 0 Å². The molecule has 3 rings (SSSR count). The highest BCUT2D eigenvalue weighted by molar-refractivity contribution is 5.93. The second-order valence-electron chi connectivity index (χ2n) is 5.36. The molecular weight excluding hydrogens is 250 g/mol. The third-order valence-corrected chi connectivity index (χ3v) is 3.74. The Bertz CT molecular complexity index is 587. The zero-order chi connectivity index (χ0) is 13.9. The van der Waals surface area contributed by atoms with Crippen molar-refractivity contribution in [1.29, 1.82) is 0 Å². The van der Waals surface area contributed by atoms with Crippen LogP contribution in [0.25, 0.3) is 11.3 Å². The van der Waals surface area contributed by atoms with Crippen molar-refractivity contribution in [2.75, 3.05) is 6.54 Å². The van der Waals surface area contributed by atoms with E-state index in [1.54, 1.807) is 6.07 Å². The van der Waals surface area contributed by atoms with Gasteiger partial charge in [0.1, 0.15) is 5.69 Å². The van der Waals surface area contributed by atoms with Crippen LogP contribution in [-0.4, -0.2) is 23.5 Å². The number of hydrogen-bond donors (Lipinski definition) is 3. The van der Waals surface area contributed by atoms with Gasteiger partial charge in [-0.3, -0.25) is 4.79 Å². The van der Waals surface area contributed by atoms with E-state index < -0.39 is 0 Å². The van der Waals surface area contributed by atoms with E-state index in [-0.39, 0.29) is 11.9 Å². The first-order valence-corrected chi connectivity index (χ1v) is 7.02. The van der Waals surface area contributed by atoms with Crippen LogP contribution in [0.5, 0.6) is 0 Å². The van der Waals surface area contributed by atoms with Crippen molar-refractivity contribution in [3.05, 3.63) is 48.2 Å². The Hall–Kier alpha value is -2.07. The lowest BCUT2D eigenvalue weighted by molar-refractivity contribution is 0.0946. The number of rotatable bonds is 5. The monoisotopic (exact) mass is 269 g/mol. The number of hydrogen-bond acceptors (Lipinski definition) is 2. The van der Waals surface area contributed by atoms with Crippen molar-refractivity contribution in [3.8, 4) is 11.3 Å². The first-order valence-electron chi connectivity index (χ1n) is 7.02. The third kappa shape index (κ3) is 2.91. The zero-order valence-electron chi connectivity index (χ0n) is 11.3. The highest BCUT2D eigenvalue weighted by Gasteiger charge is 2.28. The van der Waals surface area contributed by atoms with Crippen LogP contribution < -0.4 is 11.1 Å². The first kappa shape index (κ1) is 12.9. The lowest BCUT2D eigenvalue weighted by atomic mass is 10.2. The second-order valence-corrected chi connectivity index (χ2v) is 5.36. The Labute approximate surface area is 118 Å². The summed E-state index contributed by atoms with van der Waals surface area (Å²) in [6.45, 7) is 0.545. The number of benzene rings is 1. The number of amides is 1. The van der Waals surface area contributed by atoms with Crippen LogP contribution in [-0.2, 0) is 0 Å². The molecule has 1 atom stereocenters. The minimum absolute atomic E-state index is 0.0857. The lowest BCUT2D eigenvalue weighted by Gasteiger charge is -2.10. The predicted molar refractivity (Wildman–Crippen MR) is 79.3 cm³/mol. The molecule has 1 amide bonds. The molecule has 0 radical (unpaired) electrons. The average Bonchev–Trinajstić information content (AvgIpc) is 3.22. The number of nitrogens with one attached hydrogen (secondary N) is 2. The van der Waals surface area contributed by atoms with E-state index in [0.29, 0.717) is 18.2 Å². The minimum atomic E-state index is -0.0942. The summed E-state index contributed by atoms with van der Waals surface area (Å²) in [6.07, 6.45) is 2.38. The SMILES string of the molecule is NC(CNC(=O)c1ccc(-c2ccccc2)[nH]1)C1CC1. The number of H-pyrrole nitrogens is 1. The fraction of sp³-hybridized carbons (Fsp3) is 0.312. The quantitative estimate of drug-likeness (QED) is 0.778. The van der Waals surface area contributed by atoms with Crippen LogP contribution in [0.3, 0.4) is 0 Å². The van der Waals surface area contributed by atoms with Crippen molar-refractivity contribution >= 4 is 5.91 Å². The maximum atomic E-state index is 12.0. The van der Waals surface area contributed by atoms with Gasteiger partial charge in [0.25, 0.3) is 5.91 Å². The van der Waals surface area contributed by atoms with Gasteiger partial charge in [-0.15, -0.1) is 0 Å². The Balaban J connectivity index is 1.62. The van der Waals surface area contributed by atoms with E-state index in [2.05, 4.69) is 10.3 Å². The summed E-state index contributed by atoms with van der Waals surface area (Å²) < 4.78 is 0. The molecule has 2 aromatic rings. The van der Waals surface area contributed by atoms with E-state index in [0.717, 1.165) is 11.3 Å². The maximum absolute atomic E-state index is 12.0. The molecule has 0 saturated heterocycles. The molecule has 1 saturated carbocycles. The number of carbonyl (C=O) groups excluding carboxylic acids is 1. The van der Waals surface area contributed by atoms with Gasteiger partial charge in [0.05, 0.1) is 0 Å². The molecule has 104 valence electrons. The van der Waals surface area contributed by atoms with Gasteiger partial charge in [-0.05, 0) is 36.5 Å². The molecule has 0 aliphatic heterocycles. The van der Waals surface area contributed by atoms with Gasteiger partial charge < -0.3 is 16.0 Å². The molecule has 4 heteroatoms. The van der Waals surface area contributed by atoms with E-state index >= 15 is 0 Å². The van der Waals surface area contributed by atoms with Gasteiger partial charge >= 0.3 is 0 Å². The summed E-state index contributed by atoms with van der Waals surface area (Å²) in [5, 5.41) is 2.89. The Morgan fingerprint density at radius 1 is 1.25 bits per heavy atom. The van der Waals surface area contributed by atoms with Gasteiger partial charge in [-0.1, -0.05) is 30.3 Å².